The van der Waals surface area contributed by atoms with E-state index in [2.05, 4.69) is 0 Å². The monoisotopic (exact) mass is 487 g/mol. The molecule has 4 rings (SSSR count). The molecule has 35 heavy (non-hydrogen) atoms. The van der Waals surface area contributed by atoms with Crippen molar-refractivity contribution in [3.63, 3.8) is 0 Å². The number of esters is 1. The number of hydrogen-bond donors (Lipinski definition) is 0. The molecule has 1 saturated heterocycles. The van der Waals surface area contributed by atoms with Crippen molar-refractivity contribution in [2.24, 2.45) is 0 Å². The third kappa shape index (κ3) is 4.88. The number of amides is 1. The molecule has 0 saturated carbocycles. The van der Waals surface area contributed by atoms with Crippen LogP contribution in [0.5, 0.6) is 11.5 Å². The van der Waals surface area contributed by atoms with Crippen molar-refractivity contribution < 1.29 is 28.2 Å². The molecule has 2 aliphatic heterocycles. The first-order chi connectivity index (χ1) is 16.9. The van der Waals surface area contributed by atoms with Crippen LogP contribution in [0.3, 0.4) is 0 Å². The molecule has 0 bridgehead atoms. The van der Waals surface area contributed by atoms with Gasteiger partial charge in [-0.15, -0.1) is 0 Å². The molecule has 188 valence electrons. The fourth-order valence-electron chi connectivity index (χ4n) is 4.92. The Balaban J connectivity index is 1.65. The predicted octanol–water partition coefficient (Wildman–Crippen LogP) is 1.84. The minimum atomic E-state index is -0.664. The molecule has 2 aromatic rings. The molecule has 0 aliphatic carbocycles. The number of ether oxygens (including phenoxy) is 3. The molecule has 2 aliphatic rings. The highest BCUT2D eigenvalue weighted by Gasteiger charge is 2.38. The van der Waals surface area contributed by atoms with Crippen molar-refractivity contribution in [1.82, 2.24) is 14.4 Å². The molecule has 1 amide bonds. The van der Waals surface area contributed by atoms with Crippen LogP contribution in [0.25, 0.3) is 0 Å². The van der Waals surface area contributed by atoms with Crippen LogP contribution in [0.4, 0.5) is 4.39 Å². The lowest BCUT2D eigenvalue weighted by atomic mass is 10.1. The topological polar surface area (TPSA) is 90.3 Å². The lowest BCUT2D eigenvalue weighted by molar-refractivity contribution is -0.145. The Morgan fingerprint density at radius 2 is 1.86 bits per heavy atom. The van der Waals surface area contributed by atoms with Gasteiger partial charge >= 0.3 is 5.97 Å². The summed E-state index contributed by atoms with van der Waals surface area (Å²) in [6.07, 6.45) is 1.59. The number of methoxy groups -OCH3 is 3. The fourth-order valence-corrected chi connectivity index (χ4v) is 4.92. The highest BCUT2D eigenvalue weighted by atomic mass is 19.1. The van der Waals surface area contributed by atoms with Gasteiger partial charge < -0.3 is 23.7 Å². The highest BCUT2D eigenvalue weighted by molar-refractivity contribution is 6.00. The fraction of sp³-hybridized carbons (Fsp3) is 0.480. The Kier molecular flexibility index (Phi) is 7.39. The number of likely N-dealkylation sites (tertiary alicyclic amines) is 1. The summed E-state index contributed by atoms with van der Waals surface area (Å²) in [6, 6.07) is 5.26. The molecular weight excluding hydrogens is 457 g/mol. The summed E-state index contributed by atoms with van der Waals surface area (Å²) < 4.78 is 31.6. The van der Waals surface area contributed by atoms with E-state index in [0.29, 0.717) is 69.0 Å². The number of carbonyl (C=O) groups is 2. The van der Waals surface area contributed by atoms with Gasteiger partial charge in [-0.2, -0.15) is 0 Å². The van der Waals surface area contributed by atoms with Crippen LogP contribution in [0.2, 0.25) is 0 Å². The zero-order valence-corrected chi connectivity index (χ0v) is 20.2. The van der Waals surface area contributed by atoms with E-state index >= 15 is 0 Å². The van der Waals surface area contributed by atoms with Gasteiger partial charge in [0.25, 0.3) is 11.5 Å². The maximum Gasteiger partial charge on any atom is 0.328 e. The first-order valence-corrected chi connectivity index (χ1v) is 11.6. The Morgan fingerprint density at radius 3 is 2.57 bits per heavy atom. The molecule has 1 aromatic carbocycles. The van der Waals surface area contributed by atoms with Gasteiger partial charge in [-0.3, -0.25) is 14.5 Å². The average Bonchev–Trinajstić information content (AvgIpc) is 3.26. The number of pyridine rings is 1. The van der Waals surface area contributed by atoms with E-state index in [1.165, 1.54) is 38.4 Å². The standard InChI is InChI=1S/C25H30FN3O6/c1-33-17-6-7-18(26)16(13-17)15-27-10-8-19-23(21(34-2)14-22(30)28(19)12-11-27)24(31)29-9-4-5-20(29)25(32)35-3/h6-7,13-14,20H,4-5,8-12,15H2,1-3H3/t20-/m0/s1. The number of nitrogens with zero attached hydrogens (tertiary/aromatic N) is 3. The van der Waals surface area contributed by atoms with Gasteiger partial charge in [0.15, 0.2) is 0 Å². The third-order valence-corrected chi connectivity index (χ3v) is 6.75. The molecule has 0 N–H and O–H groups in total. The van der Waals surface area contributed by atoms with Gasteiger partial charge in [-0.05, 0) is 31.0 Å². The molecule has 0 unspecified atom stereocenters. The minimum absolute atomic E-state index is 0.189. The number of carbonyl (C=O) groups excluding carboxylic acids is 2. The maximum atomic E-state index is 14.4. The Hall–Kier alpha value is -3.40. The van der Waals surface area contributed by atoms with Crippen molar-refractivity contribution in [2.75, 3.05) is 41.0 Å². The number of rotatable bonds is 6. The molecule has 10 heteroatoms. The van der Waals surface area contributed by atoms with Gasteiger partial charge in [-0.1, -0.05) is 0 Å². The molecule has 1 aromatic heterocycles. The van der Waals surface area contributed by atoms with Crippen molar-refractivity contribution in [1.29, 1.82) is 0 Å². The molecule has 1 atom stereocenters. The number of halogens is 1. The SMILES string of the molecule is COC(=O)[C@@H]1CCCN1C(=O)c1c(OC)cc(=O)n2c1CCN(Cc1cc(OC)ccc1F)CC2. The van der Waals surface area contributed by atoms with Gasteiger partial charge in [0.1, 0.15) is 28.9 Å². The third-order valence-electron chi connectivity index (χ3n) is 6.75. The summed E-state index contributed by atoms with van der Waals surface area (Å²) in [7, 11) is 4.25. The lowest BCUT2D eigenvalue weighted by Crippen LogP contribution is -2.42. The smallest absolute Gasteiger partial charge is 0.328 e. The summed E-state index contributed by atoms with van der Waals surface area (Å²) in [6.45, 7) is 2.09. The van der Waals surface area contributed by atoms with E-state index in [1.807, 2.05) is 4.90 Å². The van der Waals surface area contributed by atoms with Crippen LogP contribution in [0.1, 0.15) is 34.5 Å². The molecular formula is C25H30FN3O6. The van der Waals surface area contributed by atoms with E-state index in [0.717, 1.165) is 0 Å². The summed E-state index contributed by atoms with van der Waals surface area (Å²) in [5.41, 5.74) is 1.07. The van der Waals surface area contributed by atoms with Crippen LogP contribution >= 0.6 is 0 Å². The normalized spacial score (nSPS) is 18.1. The summed E-state index contributed by atoms with van der Waals surface area (Å²) in [5.74, 6) is -0.385. The quantitative estimate of drug-likeness (QED) is 0.575. The van der Waals surface area contributed by atoms with E-state index in [4.69, 9.17) is 14.2 Å². The van der Waals surface area contributed by atoms with Gasteiger partial charge in [0.05, 0.1) is 21.3 Å². The van der Waals surface area contributed by atoms with E-state index in [1.54, 1.807) is 16.7 Å². The molecule has 1 fully saturated rings. The van der Waals surface area contributed by atoms with Crippen molar-refractivity contribution in [3.05, 3.63) is 57.3 Å². The molecule has 3 heterocycles. The zero-order valence-electron chi connectivity index (χ0n) is 20.2. The Morgan fingerprint density at radius 1 is 1.06 bits per heavy atom. The summed E-state index contributed by atoms with van der Waals surface area (Å²) >= 11 is 0. The summed E-state index contributed by atoms with van der Waals surface area (Å²) in [4.78, 5) is 42.4. The van der Waals surface area contributed by atoms with Crippen LogP contribution in [-0.2, 0) is 29.0 Å². The van der Waals surface area contributed by atoms with E-state index in [9.17, 15) is 18.8 Å². The van der Waals surface area contributed by atoms with Crippen molar-refractivity contribution in [2.45, 2.75) is 38.4 Å². The van der Waals surface area contributed by atoms with Crippen LogP contribution in [0, 0.1) is 5.82 Å². The van der Waals surface area contributed by atoms with Crippen molar-refractivity contribution >= 4 is 11.9 Å². The minimum Gasteiger partial charge on any atom is -0.497 e. The van der Waals surface area contributed by atoms with Gasteiger partial charge in [-0.25, -0.2) is 9.18 Å². The first kappa shape index (κ1) is 24.7. The number of benzene rings is 1. The number of fused-ring (bicyclic) bond motifs is 1. The predicted molar refractivity (Wildman–Crippen MR) is 125 cm³/mol. The van der Waals surface area contributed by atoms with Crippen molar-refractivity contribution in [3.8, 4) is 11.5 Å². The highest BCUT2D eigenvalue weighted by Crippen LogP contribution is 2.29. The van der Waals surface area contributed by atoms with Gasteiger partial charge in [0, 0.05) is 56.5 Å². The molecule has 9 nitrogen and oxygen atoms in total. The van der Waals surface area contributed by atoms with E-state index in [-0.39, 0.29) is 28.6 Å². The average molecular weight is 488 g/mol. The second-order valence-corrected chi connectivity index (χ2v) is 8.69. The van der Waals surface area contributed by atoms with E-state index < -0.39 is 12.0 Å². The number of hydrogen-bond acceptors (Lipinski definition) is 7. The van der Waals surface area contributed by atoms with Gasteiger partial charge in [0.2, 0.25) is 0 Å². The lowest BCUT2D eigenvalue weighted by Gasteiger charge is -2.25. The van der Waals surface area contributed by atoms with Crippen LogP contribution in [0.15, 0.2) is 29.1 Å². The molecule has 0 spiro atoms. The number of aromatic nitrogens is 1. The van der Waals surface area contributed by atoms with Crippen LogP contribution < -0.4 is 15.0 Å². The van der Waals surface area contributed by atoms with Crippen LogP contribution in [-0.4, -0.2) is 73.2 Å². The Labute approximate surface area is 203 Å². The maximum absolute atomic E-state index is 14.4. The summed E-state index contributed by atoms with van der Waals surface area (Å²) in [5, 5.41) is 0. The second kappa shape index (κ2) is 10.5. The zero-order chi connectivity index (χ0) is 25.1. The second-order valence-electron chi connectivity index (χ2n) is 8.69. The molecule has 0 radical (unpaired) electrons. The largest absolute Gasteiger partial charge is 0.497 e. The first-order valence-electron chi connectivity index (χ1n) is 11.6. The Bertz CT molecular complexity index is 1180.